The first kappa shape index (κ1) is 13.9. The van der Waals surface area contributed by atoms with Crippen LogP contribution in [0.3, 0.4) is 0 Å². The molecule has 0 unspecified atom stereocenters. The number of carbonyl (C=O) groups is 1. The number of benzene rings is 1. The van der Waals surface area contributed by atoms with E-state index in [1.807, 2.05) is 12.1 Å². The fraction of sp³-hybridized carbons (Fsp3) is 0.533. The molecule has 0 atom stereocenters. The van der Waals surface area contributed by atoms with Crippen molar-refractivity contribution in [3.63, 3.8) is 0 Å². The molecule has 4 heteroatoms. The molecular weight excluding hydrogens is 238 g/mol. The first-order chi connectivity index (χ1) is 9.13. The molecule has 1 amide bonds. The quantitative estimate of drug-likeness (QED) is 0.814. The maximum atomic E-state index is 11.3. The maximum Gasteiger partial charge on any atom is 0.250 e. The van der Waals surface area contributed by atoms with E-state index in [-0.39, 0.29) is 0 Å². The summed E-state index contributed by atoms with van der Waals surface area (Å²) < 4.78 is 0. The van der Waals surface area contributed by atoms with Crippen LogP contribution in [0.15, 0.2) is 18.2 Å². The standard InChI is InChI=1S/C15H23N3O/c1-2-8-18-9-6-11(7-10-18)12-4-3-5-13(14(12)16)15(17)19/h3-5,11H,2,6-10,16H2,1H3,(H2,17,19). The van der Waals surface area contributed by atoms with Gasteiger partial charge in [-0.2, -0.15) is 0 Å². The van der Waals surface area contributed by atoms with Gasteiger partial charge in [-0.1, -0.05) is 19.1 Å². The average Bonchev–Trinajstić information content (AvgIpc) is 2.40. The third-order valence-corrected chi connectivity index (χ3v) is 3.97. The number of primary amides is 1. The highest BCUT2D eigenvalue weighted by Gasteiger charge is 2.23. The van der Waals surface area contributed by atoms with Crippen LogP contribution in [0.5, 0.6) is 0 Å². The summed E-state index contributed by atoms with van der Waals surface area (Å²) in [6.45, 7) is 5.60. The number of hydrogen-bond donors (Lipinski definition) is 2. The SMILES string of the molecule is CCCN1CCC(c2cccc(C(N)=O)c2N)CC1. The lowest BCUT2D eigenvalue weighted by Gasteiger charge is -2.32. The molecule has 4 N–H and O–H groups in total. The molecule has 1 fully saturated rings. The van der Waals surface area contributed by atoms with E-state index < -0.39 is 5.91 Å². The Bertz CT molecular complexity index is 451. The summed E-state index contributed by atoms with van der Waals surface area (Å²) >= 11 is 0. The number of piperidine rings is 1. The normalized spacial score (nSPS) is 17.5. The smallest absolute Gasteiger partial charge is 0.250 e. The summed E-state index contributed by atoms with van der Waals surface area (Å²) in [5.74, 6) is 0.00942. The second kappa shape index (κ2) is 6.06. The first-order valence-corrected chi connectivity index (χ1v) is 7.04. The van der Waals surface area contributed by atoms with Gasteiger partial charge in [-0.3, -0.25) is 4.79 Å². The molecule has 0 bridgehead atoms. The lowest BCUT2D eigenvalue weighted by molar-refractivity contribution is 0.100. The van der Waals surface area contributed by atoms with Crippen LogP contribution in [0.1, 0.15) is 48.0 Å². The van der Waals surface area contributed by atoms with Crippen molar-refractivity contribution in [2.24, 2.45) is 5.73 Å². The second-order valence-corrected chi connectivity index (χ2v) is 5.29. The van der Waals surface area contributed by atoms with Crippen LogP contribution in [0.2, 0.25) is 0 Å². The lowest BCUT2D eigenvalue weighted by Crippen LogP contribution is -2.33. The van der Waals surface area contributed by atoms with Crippen LogP contribution in [-0.4, -0.2) is 30.4 Å². The Hall–Kier alpha value is -1.55. The van der Waals surface area contributed by atoms with Crippen molar-refractivity contribution < 1.29 is 4.79 Å². The van der Waals surface area contributed by atoms with E-state index in [9.17, 15) is 4.79 Å². The summed E-state index contributed by atoms with van der Waals surface area (Å²) in [5.41, 5.74) is 13.6. The summed E-state index contributed by atoms with van der Waals surface area (Å²) in [5, 5.41) is 0. The van der Waals surface area contributed by atoms with E-state index in [0.717, 1.165) is 31.5 Å². The zero-order valence-corrected chi connectivity index (χ0v) is 11.6. The maximum absolute atomic E-state index is 11.3. The fourth-order valence-corrected chi connectivity index (χ4v) is 2.94. The highest BCUT2D eigenvalue weighted by molar-refractivity contribution is 5.98. The molecule has 19 heavy (non-hydrogen) atoms. The molecule has 0 radical (unpaired) electrons. The van der Waals surface area contributed by atoms with Gasteiger partial charge in [0.05, 0.1) is 5.56 Å². The summed E-state index contributed by atoms with van der Waals surface area (Å²) in [6, 6.07) is 5.61. The zero-order valence-electron chi connectivity index (χ0n) is 11.6. The minimum absolute atomic E-state index is 0.442. The number of para-hydroxylation sites is 1. The van der Waals surface area contributed by atoms with Gasteiger partial charge in [0, 0.05) is 5.69 Å². The molecular formula is C15H23N3O. The Morgan fingerprint density at radius 3 is 2.63 bits per heavy atom. The minimum atomic E-state index is -0.442. The van der Waals surface area contributed by atoms with Crippen LogP contribution < -0.4 is 11.5 Å². The molecule has 1 aliphatic heterocycles. The Morgan fingerprint density at radius 2 is 2.05 bits per heavy atom. The summed E-state index contributed by atoms with van der Waals surface area (Å²) in [6.07, 6.45) is 3.41. The Morgan fingerprint density at radius 1 is 1.37 bits per heavy atom. The number of nitrogen functional groups attached to an aromatic ring is 1. The van der Waals surface area contributed by atoms with Crippen molar-refractivity contribution in [3.8, 4) is 0 Å². The van der Waals surface area contributed by atoms with E-state index in [1.165, 1.54) is 13.0 Å². The Balaban J connectivity index is 2.11. The van der Waals surface area contributed by atoms with Crippen molar-refractivity contribution in [2.45, 2.75) is 32.1 Å². The molecule has 1 aromatic carbocycles. The van der Waals surface area contributed by atoms with Gasteiger partial charge in [-0.15, -0.1) is 0 Å². The van der Waals surface area contributed by atoms with Gasteiger partial charge in [-0.05, 0) is 56.4 Å². The molecule has 1 heterocycles. The zero-order chi connectivity index (χ0) is 13.8. The molecule has 0 aliphatic carbocycles. The molecule has 0 aromatic heterocycles. The number of amides is 1. The highest BCUT2D eigenvalue weighted by atomic mass is 16.1. The highest BCUT2D eigenvalue weighted by Crippen LogP contribution is 2.33. The molecule has 104 valence electrons. The molecule has 1 aliphatic rings. The third kappa shape index (κ3) is 3.07. The van der Waals surface area contributed by atoms with Crippen LogP contribution >= 0.6 is 0 Å². The average molecular weight is 261 g/mol. The van der Waals surface area contributed by atoms with E-state index in [4.69, 9.17) is 11.5 Å². The third-order valence-electron chi connectivity index (χ3n) is 3.97. The van der Waals surface area contributed by atoms with E-state index in [0.29, 0.717) is 17.2 Å². The number of nitrogens with two attached hydrogens (primary N) is 2. The Labute approximate surface area is 114 Å². The topological polar surface area (TPSA) is 72.3 Å². The van der Waals surface area contributed by atoms with Crippen LogP contribution in [-0.2, 0) is 0 Å². The lowest BCUT2D eigenvalue weighted by atomic mass is 9.87. The summed E-state index contributed by atoms with van der Waals surface area (Å²) in [7, 11) is 0. The largest absolute Gasteiger partial charge is 0.398 e. The van der Waals surface area contributed by atoms with Gasteiger partial charge in [0.25, 0.3) is 5.91 Å². The number of carbonyl (C=O) groups excluding carboxylic acids is 1. The molecule has 0 spiro atoms. The Kier molecular flexibility index (Phi) is 4.43. The number of likely N-dealkylation sites (tertiary alicyclic amines) is 1. The van der Waals surface area contributed by atoms with Gasteiger partial charge in [-0.25, -0.2) is 0 Å². The van der Waals surface area contributed by atoms with Gasteiger partial charge in [0.1, 0.15) is 0 Å². The predicted octanol–water partition coefficient (Wildman–Crippen LogP) is 1.96. The predicted molar refractivity (Wildman–Crippen MR) is 78.1 cm³/mol. The second-order valence-electron chi connectivity index (χ2n) is 5.29. The number of rotatable bonds is 4. The minimum Gasteiger partial charge on any atom is -0.398 e. The number of anilines is 1. The van der Waals surface area contributed by atoms with Gasteiger partial charge in [0.15, 0.2) is 0 Å². The van der Waals surface area contributed by atoms with Crippen molar-refractivity contribution in [2.75, 3.05) is 25.4 Å². The van der Waals surface area contributed by atoms with Crippen LogP contribution in [0.4, 0.5) is 5.69 Å². The fourth-order valence-electron chi connectivity index (χ4n) is 2.94. The number of nitrogens with zero attached hydrogens (tertiary/aromatic N) is 1. The van der Waals surface area contributed by atoms with Gasteiger partial charge >= 0.3 is 0 Å². The van der Waals surface area contributed by atoms with E-state index >= 15 is 0 Å². The van der Waals surface area contributed by atoms with Crippen molar-refractivity contribution in [1.82, 2.24) is 4.90 Å². The molecule has 2 rings (SSSR count). The van der Waals surface area contributed by atoms with Crippen molar-refractivity contribution >= 4 is 11.6 Å². The summed E-state index contributed by atoms with van der Waals surface area (Å²) in [4.78, 5) is 13.8. The number of hydrogen-bond acceptors (Lipinski definition) is 3. The molecule has 1 saturated heterocycles. The van der Waals surface area contributed by atoms with Crippen molar-refractivity contribution in [3.05, 3.63) is 29.3 Å². The van der Waals surface area contributed by atoms with Crippen LogP contribution in [0, 0.1) is 0 Å². The van der Waals surface area contributed by atoms with Gasteiger partial charge in [0.2, 0.25) is 0 Å². The first-order valence-electron chi connectivity index (χ1n) is 7.04. The molecule has 4 nitrogen and oxygen atoms in total. The molecule has 1 aromatic rings. The molecule has 0 saturated carbocycles. The van der Waals surface area contributed by atoms with Gasteiger partial charge < -0.3 is 16.4 Å². The van der Waals surface area contributed by atoms with E-state index in [1.54, 1.807) is 6.07 Å². The monoisotopic (exact) mass is 261 g/mol. The van der Waals surface area contributed by atoms with Crippen molar-refractivity contribution in [1.29, 1.82) is 0 Å². The van der Waals surface area contributed by atoms with E-state index in [2.05, 4.69) is 11.8 Å². The van der Waals surface area contributed by atoms with Crippen LogP contribution in [0.25, 0.3) is 0 Å².